The van der Waals surface area contributed by atoms with E-state index in [1.807, 2.05) is 0 Å². The molecule has 21 heavy (non-hydrogen) atoms. The quantitative estimate of drug-likeness (QED) is 0.684. The average molecular weight is 291 g/mol. The van der Waals surface area contributed by atoms with E-state index in [2.05, 4.69) is 52.0 Å². The molecule has 1 aromatic carbocycles. The predicted octanol–water partition coefficient (Wildman–Crippen LogP) is 3.53. The van der Waals surface area contributed by atoms with E-state index in [-0.39, 0.29) is 17.9 Å². The fourth-order valence-corrected chi connectivity index (χ4v) is 2.07. The summed E-state index contributed by atoms with van der Waals surface area (Å²) in [5.41, 5.74) is 2.90. The van der Waals surface area contributed by atoms with Crippen molar-refractivity contribution in [2.24, 2.45) is 5.92 Å². The molecule has 1 saturated heterocycles. The zero-order valence-corrected chi connectivity index (χ0v) is 13.3. The molecule has 0 aliphatic carbocycles. The molecule has 4 heteroatoms. The van der Waals surface area contributed by atoms with Crippen LogP contribution in [0.3, 0.4) is 0 Å². The van der Waals surface area contributed by atoms with Crippen LogP contribution in [0.1, 0.15) is 57.6 Å². The van der Waals surface area contributed by atoms with E-state index < -0.39 is 11.8 Å². The molecule has 116 valence electrons. The van der Waals surface area contributed by atoms with Crippen LogP contribution in [0.25, 0.3) is 0 Å². The molecule has 2 amide bonds. The van der Waals surface area contributed by atoms with Crippen LogP contribution >= 0.6 is 0 Å². The lowest BCUT2D eigenvalue weighted by Gasteiger charge is -2.08. The fourth-order valence-electron chi connectivity index (χ4n) is 2.07. The van der Waals surface area contributed by atoms with Gasteiger partial charge in [-0.05, 0) is 29.4 Å². The SMILES string of the molecule is CC(C)Cc1ccc(C(C)C)cc1.O=C1CCC(=O)N1O. The zero-order chi connectivity index (χ0) is 16.0. The Balaban J connectivity index is 0.000000235. The van der Waals surface area contributed by atoms with Gasteiger partial charge in [-0.3, -0.25) is 14.8 Å². The molecule has 2 rings (SSSR count). The third kappa shape index (κ3) is 5.68. The largest absolute Gasteiger partial charge is 0.279 e. The number of hydrogen-bond acceptors (Lipinski definition) is 3. The van der Waals surface area contributed by atoms with Crippen LogP contribution in [0.4, 0.5) is 0 Å². The van der Waals surface area contributed by atoms with Crippen LogP contribution in [-0.4, -0.2) is 22.1 Å². The highest BCUT2D eigenvalue weighted by Crippen LogP contribution is 2.16. The number of imide groups is 1. The highest BCUT2D eigenvalue weighted by atomic mass is 16.5. The summed E-state index contributed by atoms with van der Waals surface area (Å²) in [5.74, 6) is 0.392. The van der Waals surface area contributed by atoms with Gasteiger partial charge in [-0.15, -0.1) is 0 Å². The Morgan fingerprint density at radius 1 is 1.00 bits per heavy atom. The molecule has 4 nitrogen and oxygen atoms in total. The maximum Gasteiger partial charge on any atom is 0.253 e. The summed E-state index contributed by atoms with van der Waals surface area (Å²) in [6.45, 7) is 8.99. The van der Waals surface area contributed by atoms with Crippen molar-refractivity contribution >= 4 is 11.8 Å². The number of carbonyl (C=O) groups excluding carboxylic acids is 2. The van der Waals surface area contributed by atoms with E-state index in [0.717, 1.165) is 5.92 Å². The van der Waals surface area contributed by atoms with Crippen LogP contribution < -0.4 is 0 Å². The van der Waals surface area contributed by atoms with Gasteiger partial charge in [0.2, 0.25) is 0 Å². The van der Waals surface area contributed by atoms with Crippen molar-refractivity contribution in [1.82, 2.24) is 5.06 Å². The monoisotopic (exact) mass is 291 g/mol. The van der Waals surface area contributed by atoms with Gasteiger partial charge in [0.25, 0.3) is 11.8 Å². The lowest BCUT2D eigenvalue weighted by molar-refractivity contribution is -0.171. The molecule has 0 spiro atoms. The van der Waals surface area contributed by atoms with Crippen LogP contribution in [0.2, 0.25) is 0 Å². The van der Waals surface area contributed by atoms with Crippen molar-refractivity contribution in [3.8, 4) is 0 Å². The van der Waals surface area contributed by atoms with Gasteiger partial charge >= 0.3 is 0 Å². The maximum absolute atomic E-state index is 10.2. The first kappa shape index (κ1) is 17.4. The Hall–Kier alpha value is -1.68. The molecule has 0 radical (unpaired) electrons. The standard InChI is InChI=1S/C13H20.C4H5NO3/c1-10(2)9-12-5-7-13(8-6-12)11(3)4;6-3-1-2-4(7)5(3)8/h5-8,10-11H,9H2,1-4H3;8H,1-2H2. The third-order valence-electron chi connectivity index (χ3n) is 3.32. The van der Waals surface area contributed by atoms with E-state index in [4.69, 9.17) is 5.21 Å². The third-order valence-corrected chi connectivity index (χ3v) is 3.32. The first-order chi connectivity index (χ1) is 9.81. The molecular weight excluding hydrogens is 266 g/mol. The van der Waals surface area contributed by atoms with Crippen molar-refractivity contribution in [2.45, 2.75) is 52.9 Å². The molecule has 0 unspecified atom stereocenters. The Labute approximate surface area is 126 Å². The summed E-state index contributed by atoms with van der Waals surface area (Å²) in [5, 5.41) is 8.57. The van der Waals surface area contributed by atoms with Gasteiger partial charge in [-0.2, -0.15) is 5.06 Å². The minimum Gasteiger partial charge on any atom is -0.279 e. The molecule has 1 N–H and O–H groups in total. The Kier molecular flexibility index (Phi) is 6.56. The van der Waals surface area contributed by atoms with Crippen molar-refractivity contribution in [3.63, 3.8) is 0 Å². The molecule has 1 aliphatic heterocycles. The van der Waals surface area contributed by atoms with Crippen LogP contribution in [0, 0.1) is 5.92 Å². The molecule has 1 aliphatic rings. The molecule has 1 aromatic rings. The highest BCUT2D eigenvalue weighted by molar-refractivity contribution is 6.00. The molecular formula is C17H25NO3. The highest BCUT2D eigenvalue weighted by Gasteiger charge is 2.26. The summed E-state index contributed by atoms with van der Waals surface area (Å²) in [4.78, 5) is 20.5. The second kappa shape index (κ2) is 7.93. The fraction of sp³-hybridized carbons (Fsp3) is 0.529. The van der Waals surface area contributed by atoms with Gasteiger partial charge < -0.3 is 0 Å². The topological polar surface area (TPSA) is 57.6 Å². The average Bonchev–Trinajstić information content (AvgIpc) is 2.71. The molecule has 0 bridgehead atoms. The van der Waals surface area contributed by atoms with Gasteiger partial charge in [-0.25, -0.2) is 0 Å². The maximum atomic E-state index is 10.2. The van der Waals surface area contributed by atoms with Gasteiger partial charge in [-0.1, -0.05) is 52.0 Å². The smallest absolute Gasteiger partial charge is 0.253 e. The van der Waals surface area contributed by atoms with Crippen molar-refractivity contribution in [2.75, 3.05) is 0 Å². The van der Waals surface area contributed by atoms with Crippen LogP contribution in [-0.2, 0) is 16.0 Å². The van der Waals surface area contributed by atoms with Crippen LogP contribution in [0.15, 0.2) is 24.3 Å². The van der Waals surface area contributed by atoms with E-state index in [9.17, 15) is 9.59 Å². The van der Waals surface area contributed by atoms with E-state index in [1.54, 1.807) is 0 Å². The summed E-state index contributed by atoms with van der Waals surface area (Å²) in [6, 6.07) is 9.02. The first-order valence-electron chi connectivity index (χ1n) is 7.44. The van der Waals surface area contributed by atoms with Gasteiger partial charge in [0.05, 0.1) is 0 Å². The summed E-state index contributed by atoms with van der Waals surface area (Å²) in [6.07, 6.45) is 1.49. The molecule has 0 atom stereocenters. The summed E-state index contributed by atoms with van der Waals surface area (Å²) >= 11 is 0. The lowest BCUT2D eigenvalue weighted by Crippen LogP contribution is -2.24. The Bertz CT molecular complexity index is 461. The lowest BCUT2D eigenvalue weighted by atomic mass is 9.98. The Morgan fingerprint density at radius 3 is 1.76 bits per heavy atom. The van der Waals surface area contributed by atoms with Gasteiger partial charge in [0.1, 0.15) is 0 Å². The second-order valence-corrected chi connectivity index (χ2v) is 6.09. The molecule has 1 fully saturated rings. The van der Waals surface area contributed by atoms with Crippen molar-refractivity contribution in [1.29, 1.82) is 0 Å². The summed E-state index contributed by atoms with van der Waals surface area (Å²) in [7, 11) is 0. The second-order valence-electron chi connectivity index (χ2n) is 6.09. The van der Waals surface area contributed by atoms with Crippen LogP contribution in [0.5, 0.6) is 0 Å². The number of nitrogens with zero attached hydrogens (tertiary/aromatic N) is 1. The number of benzene rings is 1. The van der Waals surface area contributed by atoms with Gasteiger partial charge in [0, 0.05) is 12.8 Å². The number of hydroxylamine groups is 2. The summed E-state index contributed by atoms with van der Waals surface area (Å²) < 4.78 is 0. The molecule has 0 saturated carbocycles. The molecule has 1 heterocycles. The van der Waals surface area contributed by atoms with Gasteiger partial charge in [0.15, 0.2) is 0 Å². The number of amides is 2. The zero-order valence-electron chi connectivity index (χ0n) is 13.3. The minimum absolute atomic E-state index is 0.148. The molecule has 0 aromatic heterocycles. The predicted molar refractivity (Wildman–Crippen MR) is 81.9 cm³/mol. The van der Waals surface area contributed by atoms with E-state index in [0.29, 0.717) is 5.92 Å². The van der Waals surface area contributed by atoms with E-state index >= 15 is 0 Å². The number of hydrogen-bond donors (Lipinski definition) is 1. The Morgan fingerprint density at radius 2 is 1.48 bits per heavy atom. The minimum atomic E-state index is -0.505. The van der Waals surface area contributed by atoms with Crippen molar-refractivity contribution < 1.29 is 14.8 Å². The number of rotatable bonds is 3. The van der Waals surface area contributed by atoms with Crippen molar-refractivity contribution in [3.05, 3.63) is 35.4 Å². The van der Waals surface area contributed by atoms with E-state index in [1.165, 1.54) is 17.5 Å². The normalized spacial score (nSPS) is 14.7. The first-order valence-corrected chi connectivity index (χ1v) is 7.44. The number of carbonyl (C=O) groups is 2.